The minimum Gasteiger partial charge on any atom is -0.324 e. The average molecular weight is 630 g/mol. The first-order valence-corrected chi connectivity index (χ1v) is 14.6. The fourth-order valence-corrected chi connectivity index (χ4v) is 5.31. The van der Waals surface area contributed by atoms with Crippen molar-refractivity contribution in [3.05, 3.63) is 117 Å². The minimum absolute atomic E-state index is 0.0241. The summed E-state index contributed by atoms with van der Waals surface area (Å²) in [6.45, 7) is 1.59. The van der Waals surface area contributed by atoms with Crippen LogP contribution in [0.5, 0.6) is 0 Å². The number of thioether (sulfide) groups is 1. The molecule has 0 bridgehead atoms. The van der Waals surface area contributed by atoms with E-state index in [0.29, 0.717) is 16.1 Å². The molecule has 4 aromatic rings. The number of amides is 3. The lowest BCUT2D eigenvalue weighted by molar-refractivity contribution is -0.137. The number of hydrogen-bond donors (Lipinski definition) is 3. The predicted molar refractivity (Wildman–Crippen MR) is 162 cm³/mol. The van der Waals surface area contributed by atoms with Crippen LogP contribution in [-0.2, 0) is 15.8 Å². The summed E-state index contributed by atoms with van der Waals surface area (Å²) in [5, 5.41) is 10.8. The lowest BCUT2D eigenvalue weighted by Gasteiger charge is -2.15. The highest BCUT2D eigenvalue weighted by Gasteiger charge is 2.31. The van der Waals surface area contributed by atoms with Crippen molar-refractivity contribution in [1.29, 1.82) is 0 Å². The molecule has 4 rings (SSSR count). The Morgan fingerprint density at radius 3 is 2.40 bits per heavy atom. The lowest BCUT2D eigenvalue weighted by atomic mass is 10.2. The molecule has 1 aromatic heterocycles. The van der Waals surface area contributed by atoms with E-state index in [1.807, 2.05) is 16.8 Å². The zero-order valence-corrected chi connectivity index (χ0v) is 24.3. The van der Waals surface area contributed by atoms with E-state index in [-0.39, 0.29) is 16.4 Å². The van der Waals surface area contributed by atoms with Gasteiger partial charge in [-0.15, -0.1) is 11.8 Å². The van der Waals surface area contributed by atoms with Crippen LogP contribution in [0.3, 0.4) is 0 Å². The van der Waals surface area contributed by atoms with Gasteiger partial charge in [0.2, 0.25) is 5.91 Å². The number of carbonyl (C=O) groups is 3. The van der Waals surface area contributed by atoms with Crippen LogP contribution >= 0.6 is 34.7 Å². The van der Waals surface area contributed by atoms with Gasteiger partial charge in [-0.1, -0.05) is 35.9 Å². The van der Waals surface area contributed by atoms with E-state index in [2.05, 4.69) is 16.0 Å². The van der Waals surface area contributed by atoms with Crippen molar-refractivity contribution < 1.29 is 27.6 Å². The number of nitrogens with one attached hydrogen (secondary N) is 3. The van der Waals surface area contributed by atoms with Gasteiger partial charge in [0, 0.05) is 16.1 Å². The maximum absolute atomic E-state index is 13.2. The Balaban J connectivity index is 1.45. The van der Waals surface area contributed by atoms with Crippen LogP contribution < -0.4 is 16.0 Å². The van der Waals surface area contributed by atoms with Gasteiger partial charge < -0.3 is 16.0 Å². The third kappa shape index (κ3) is 8.48. The van der Waals surface area contributed by atoms with Gasteiger partial charge in [-0.05, 0) is 83.9 Å². The molecule has 1 atom stereocenters. The Kier molecular flexibility index (Phi) is 10.1. The highest BCUT2D eigenvalue weighted by molar-refractivity contribution is 8.00. The Morgan fingerprint density at radius 1 is 0.952 bits per heavy atom. The molecule has 0 aliphatic carbocycles. The number of thiophene rings is 1. The molecule has 0 radical (unpaired) electrons. The SMILES string of the molecule is CC(Sc1cccc(NC(=O)/C(=C/c2ccsc2)NC(=O)c2ccccc2)c1)C(=O)Nc1cc(C(F)(F)F)ccc1Cl. The van der Waals surface area contributed by atoms with Crippen LogP contribution in [0.2, 0.25) is 5.02 Å². The maximum atomic E-state index is 13.2. The number of carbonyl (C=O) groups excluding carboxylic acids is 3. The summed E-state index contributed by atoms with van der Waals surface area (Å²) in [5.41, 5.74) is 0.489. The van der Waals surface area contributed by atoms with E-state index in [4.69, 9.17) is 11.6 Å². The van der Waals surface area contributed by atoms with Crippen LogP contribution in [0.25, 0.3) is 6.08 Å². The van der Waals surface area contributed by atoms with Gasteiger partial charge >= 0.3 is 6.18 Å². The molecule has 1 heterocycles. The molecule has 0 spiro atoms. The smallest absolute Gasteiger partial charge is 0.324 e. The fourth-order valence-electron chi connectivity index (χ4n) is 3.60. The Labute approximate surface area is 253 Å². The van der Waals surface area contributed by atoms with Crippen molar-refractivity contribution in [2.75, 3.05) is 10.6 Å². The van der Waals surface area contributed by atoms with E-state index >= 15 is 0 Å². The second kappa shape index (κ2) is 13.7. The zero-order chi connectivity index (χ0) is 30.3. The third-order valence-electron chi connectivity index (χ3n) is 5.71. The Bertz CT molecular complexity index is 1610. The van der Waals surface area contributed by atoms with E-state index < -0.39 is 34.7 Å². The van der Waals surface area contributed by atoms with Crippen LogP contribution in [0.15, 0.2) is 100 Å². The molecule has 216 valence electrons. The molecule has 0 aliphatic rings. The van der Waals surface area contributed by atoms with Gasteiger partial charge in [0.05, 0.1) is 21.5 Å². The van der Waals surface area contributed by atoms with Gasteiger partial charge in [0.15, 0.2) is 0 Å². The van der Waals surface area contributed by atoms with E-state index in [1.54, 1.807) is 67.6 Å². The maximum Gasteiger partial charge on any atom is 0.416 e. The molecular weight excluding hydrogens is 607 g/mol. The predicted octanol–water partition coefficient (Wildman–Crippen LogP) is 7.95. The number of alkyl halides is 3. The van der Waals surface area contributed by atoms with Crippen molar-refractivity contribution in [2.24, 2.45) is 0 Å². The van der Waals surface area contributed by atoms with Crippen molar-refractivity contribution in [3.63, 3.8) is 0 Å². The molecule has 0 aliphatic heterocycles. The second-order valence-corrected chi connectivity index (χ2v) is 11.5. The molecule has 6 nitrogen and oxygen atoms in total. The summed E-state index contributed by atoms with van der Waals surface area (Å²) >= 11 is 8.58. The monoisotopic (exact) mass is 629 g/mol. The fraction of sp³-hybridized carbons (Fsp3) is 0.100. The highest BCUT2D eigenvalue weighted by atomic mass is 35.5. The van der Waals surface area contributed by atoms with Crippen LogP contribution in [0.1, 0.15) is 28.4 Å². The summed E-state index contributed by atoms with van der Waals surface area (Å²) < 4.78 is 39.2. The number of halogens is 4. The first-order chi connectivity index (χ1) is 20.0. The summed E-state index contributed by atoms with van der Waals surface area (Å²) in [7, 11) is 0. The van der Waals surface area contributed by atoms with Crippen molar-refractivity contribution in [2.45, 2.75) is 23.2 Å². The molecule has 0 fully saturated rings. The van der Waals surface area contributed by atoms with Gasteiger partial charge in [0.25, 0.3) is 11.8 Å². The number of hydrogen-bond acceptors (Lipinski definition) is 5. The van der Waals surface area contributed by atoms with Gasteiger partial charge in [-0.3, -0.25) is 14.4 Å². The van der Waals surface area contributed by atoms with Gasteiger partial charge in [0.1, 0.15) is 5.70 Å². The molecule has 3 N–H and O–H groups in total. The number of rotatable bonds is 9. The Hall–Kier alpha value is -4.06. The molecule has 3 aromatic carbocycles. The van der Waals surface area contributed by atoms with Crippen LogP contribution in [0, 0.1) is 0 Å². The standard InChI is InChI=1S/C30H23ClF3N3O3S2/c1-18(27(38)36-25-15-21(30(32,33)34)10-11-24(25)31)42-23-9-5-8-22(16-23)35-29(40)26(14-19-12-13-41-17-19)37-28(39)20-6-3-2-4-7-20/h2-18H,1H3,(H,35,40)(H,36,38)(H,37,39)/b26-14-. The topological polar surface area (TPSA) is 87.3 Å². The van der Waals surface area contributed by atoms with Crippen LogP contribution in [0.4, 0.5) is 24.5 Å². The molecule has 0 saturated heterocycles. The summed E-state index contributed by atoms with van der Waals surface area (Å²) in [5.74, 6) is -1.56. The molecule has 12 heteroatoms. The molecule has 1 unspecified atom stereocenters. The Morgan fingerprint density at radius 2 is 1.71 bits per heavy atom. The highest BCUT2D eigenvalue weighted by Crippen LogP contribution is 2.34. The average Bonchev–Trinajstić information content (AvgIpc) is 3.47. The van der Waals surface area contributed by atoms with Crippen molar-refractivity contribution in [3.8, 4) is 0 Å². The van der Waals surface area contributed by atoms with E-state index in [1.165, 1.54) is 11.3 Å². The quantitative estimate of drug-likeness (QED) is 0.130. The first-order valence-electron chi connectivity index (χ1n) is 12.4. The molecule has 42 heavy (non-hydrogen) atoms. The molecular formula is C30H23ClF3N3O3S2. The zero-order valence-electron chi connectivity index (χ0n) is 21.9. The lowest BCUT2D eigenvalue weighted by Crippen LogP contribution is -2.30. The van der Waals surface area contributed by atoms with Crippen molar-refractivity contribution in [1.82, 2.24) is 5.32 Å². The number of anilines is 2. The van der Waals surface area contributed by atoms with E-state index in [9.17, 15) is 27.6 Å². The first kappa shape index (κ1) is 30.9. The molecule has 0 saturated carbocycles. The van der Waals surface area contributed by atoms with Crippen LogP contribution in [-0.4, -0.2) is 23.0 Å². The third-order valence-corrected chi connectivity index (χ3v) is 7.83. The van der Waals surface area contributed by atoms with E-state index in [0.717, 1.165) is 35.5 Å². The second-order valence-electron chi connectivity index (χ2n) is 8.86. The van der Waals surface area contributed by atoms with Crippen molar-refractivity contribution >= 4 is 69.9 Å². The van der Waals surface area contributed by atoms with Gasteiger partial charge in [-0.2, -0.15) is 24.5 Å². The normalized spacial score (nSPS) is 12.4. The number of benzene rings is 3. The largest absolute Gasteiger partial charge is 0.416 e. The summed E-state index contributed by atoms with van der Waals surface area (Å²) in [6, 6.07) is 19.7. The summed E-state index contributed by atoms with van der Waals surface area (Å²) in [4.78, 5) is 39.4. The summed E-state index contributed by atoms with van der Waals surface area (Å²) in [6.07, 6.45) is -3.02. The van der Waals surface area contributed by atoms with Gasteiger partial charge in [-0.25, -0.2) is 0 Å². The molecule has 3 amide bonds. The minimum atomic E-state index is -4.58.